The van der Waals surface area contributed by atoms with Crippen molar-refractivity contribution in [2.24, 2.45) is 5.73 Å². The molecule has 0 bridgehead atoms. The van der Waals surface area contributed by atoms with Crippen LogP contribution in [0.5, 0.6) is 11.5 Å². The molecule has 2 rings (SSSR count). The van der Waals surface area contributed by atoms with Crippen LogP contribution in [0.25, 0.3) is 0 Å². The minimum Gasteiger partial charge on any atom is -0.493 e. The summed E-state index contributed by atoms with van der Waals surface area (Å²) in [7, 11) is 1.62. The Morgan fingerprint density at radius 3 is 2.94 bits per heavy atom. The molecule has 1 heterocycles. The van der Waals surface area contributed by atoms with Gasteiger partial charge >= 0.3 is 0 Å². The number of aliphatic hydroxyl groups is 1. The van der Waals surface area contributed by atoms with Crippen LogP contribution in [-0.4, -0.2) is 36.4 Å². The Balaban J connectivity index is 2.18. The SMILES string of the molecule is COc1ccc(C(N)CO)cc1OC1CCSC1. The topological polar surface area (TPSA) is 64.7 Å². The van der Waals surface area contributed by atoms with Crippen molar-refractivity contribution in [2.45, 2.75) is 18.6 Å². The third-order valence-electron chi connectivity index (χ3n) is 2.99. The van der Waals surface area contributed by atoms with E-state index in [1.807, 2.05) is 30.0 Å². The summed E-state index contributed by atoms with van der Waals surface area (Å²) in [6.07, 6.45) is 1.30. The van der Waals surface area contributed by atoms with Crippen LogP contribution in [0.3, 0.4) is 0 Å². The molecule has 1 aromatic rings. The maximum Gasteiger partial charge on any atom is 0.161 e. The molecule has 0 aromatic heterocycles. The molecule has 1 fully saturated rings. The first kappa shape index (κ1) is 13.5. The number of methoxy groups -OCH3 is 1. The lowest BCUT2D eigenvalue weighted by Crippen LogP contribution is -2.17. The summed E-state index contributed by atoms with van der Waals surface area (Å²) >= 11 is 1.90. The van der Waals surface area contributed by atoms with Crippen molar-refractivity contribution in [1.82, 2.24) is 0 Å². The zero-order valence-corrected chi connectivity index (χ0v) is 11.3. The minimum atomic E-state index is -0.379. The van der Waals surface area contributed by atoms with Crippen LogP contribution in [0.4, 0.5) is 0 Å². The smallest absolute Gasteiger partial charge is 0.161 e. The summed E-state index contributed by atoms with van der Waals surface area (Å²) in [4.78, 5) is 0. The van der Waals surface area contributed by atoms with Crippen LogP contribution in [-0.2, 0) is 0 Å². The first-order valence-electron chi connectivity index (χ1n) is 6.03. The first-order valence-corrected chi connectivity index (χ1v) is 7.19. The molecule has 0 radical (unpaired) electrons. The number of nitrogens with two attached hydrogens (primary N) is 1. The maximum absolute atomic E-state index is 9.09. The highest BCUT2D eigenvalue weighted by Crippen LogP contribution is 2.33. The lowest BCUT2D eigenvalue weighted by atomic mass is 10.1. The average molecular weight is 269 g/mol. The highest BCUT2D eigenvalue weighted by Gasteiger charge is 2.19. The van der Waals surface area contributed by atoms with E-state index in [1.165, 1.54) is 0 Å². The van der Waals surface area contributed by atoms with Crippen LogP contribution in [0.1, 0.15) is 18.0 Å². The van der Waals surface area contributed by atoms with Gasteiger partial charge in [0.25, 0.3) is 0 Å². The number of ether oxygens (including phenoxy) is 2. The second-order valence-electron chi connectivity index (χ2n) is 4.30. The largest absolute Gasteiger partial charge is 0.493 e. The van der Waals surface area contributed by atoms with E-state index >= 15 is 0 Å². The van der Waals surface area contributed by atoms with Gasteiger partial charge in [-0.3, -0.25) is 0 Å². The molecule has 18 heavy (non-hydrogen) atoms. The summed E-state index contributed by atoms with van der Waals surface area (Å²) < 4.78 is 11.2. The van der Waals surface area contributed by atoms with Crippen LogP contribution in [0.15, 0.2) is 18.2 Å². The number of hydrogen-bond donors (Lipinski definition) is 2. The van der Waals surface area contributed by atoms with Gasteiger partial charge in [-0.05, 0) is 29.9 Å². The summed E-state index contributed by atoms with van der Waals surface area (Å²) in [5, 5.41) is 9.09. The van der Waals surface area contributed by atoms with Crippen molar-refractivity contribution < 1.29 is 14.6 Å². The molecule has 0 saturated carbocycles. The Kier molecular flexibility index (Phi) is 4.74. The van der Waals surface area contributed by atoms with Gasteiger partial charge in [0.2, 0.25) is 0 Å². The molecule has 0 aliphatic carbocycles. The molecular formula is C13H19NO3S. The number of benzene rings is 1. The Labute approximate surface area is 111 Å². The Bertz CT molecular complexity index is 394. The zero-order valence-electron chi connectivity index (χ0n) is 10.5. The van der Waals surface area contributed by atoms with Crippen LogP contribution >= 0.6 is 11.8 Å². The van der Waals surface area contributed by atoms with Crippen molar-refractivity contribution >= 4 is 11.8 Å². The summed E-state index contributed by atoms with van der Waals surface area (Å²) in [6, 6.07) is 5.18. The molecule has 2 atom stereocenters. The van der Waals surface area contributed by atoms with Gasteiger partial charge in [0.15, 0.2) is 11.5 Å². The number of thioether (sulfide) groups is 1. The van der Waals surface area contributed by atoms with Crippen molar-refractivity contribution in [3.8, 4) is 11.5 Å². The fraction of sp³-hybridized carbons (Fsp3) is 0.538. The van der Waals surface area contributed by atoms with Gasteiger partial charge in [0.05, 0.1) is 19.8 Å². The monoisotopic (exact) mass is 269 g/mol. The fourth-order valence-corrected chi connectivity index (χ4v) is 3.00. The second-order valence-corrected chi connectivity index (χ2v) is 5.45. The Morgan fingerprint density at radius 1 is 1.50 bits per heavy atom. The molecule has 3 N–H and O–H groups in total. The Hall–Kier alpha value is -0.910. The normalized spacial score (nSPS) is 20.7. The molecule has 0 spiro atoms. The van der Waals surface area contributed by atoms with Crippen LogP contribution < -0.4 is 15.2 Å². The molecule has 1 aliphatic rings. The van der Waals surface area contributed by atoms with Gasteiger partial charge in [-0.25, -0.2) is 0 Å². The van der Waals surface area contributed by atoms with Gasteiger partial charge in [0.1, 0.15) is 6.10 Å². The highest BCUT2D eigenvalue weighted by molar-refractivity contribution is 7.99. The van der Waals surface area contributed by atoms with Crippen molar-refractivity contribution in [3.63, 3.8) is 0 Å². The van der Waals surface area contributed by atoms with Gasteiger partial charge < -0.3 is 20.3 Å². The van der Waals surface area contributed by atoms with Gasteiger partial charge in [-0.15, -0.1) is 0 Å². The third-order valence-corrected chi connectivity index (χ3v) is 4.13. The average Bonchev–Trinajstić information content (AvgIpc) is 2.90. The molecule has 100 valence electrons. The van der Waals surface area contributed by atoms with E-state index in [-0.39, 0.29) is 18.8 Å². The molecule has 5 heteroatoms. The lowest BCUT2D eigenvalue weighted by Gasteiger charge is -2.17. The van der Waals surface area contributed by atoms with E-state index in [0.717, 1.165) is 23.5 Å². The van der Waals surface area contributed by atoms with Crippen LogP contribution in [0, 0.1) is 0 Å². The van der Waals surface area contributed by atoms with E-state index in [2.05, 4.69) is 0 Å². The molecule has 4 nitrogen and oxygen atoms in total. The predicted octanol–water partition coefficient (Wildman–Crippen LogP) is 1.57. The van der Waals surface area contributed by atoms with Gasteiger partial charge in [0, 0.05) is 5.75 Å². The lowest BCUT2D eigenvalue weighted by molar-refractivity contribution is 0.217. The van der Waals surface area contributed by atoms with E-state index in [9.17, 15) is 0 Å². The molecule has 2 unspecified atom stereocenters. The maximum atomic E-state index is 9.09. The summed E-state index contributed by atoms with van der Waals surface area (Å²) in [5.41, 5.74) is 6.67. The summed E-state index contributed by atoms with van der Waals surface area (Å²) in [5.74, 6) is 3.58. The van der Waals surface area contributed by atoms with E-state index in [0.29, 0.717) is 11.5 Å². The van der Waals surface area contributed by atoms with E-state index < -0.39 is 0 Å². The predicted molar refractivity (Wildman–Crippen MR) is 73.4 cm³/mol. The van der Waals surface area contributed by atoms with E-state index in [4.69, 9.17) is 20.3 Å². The number of rotatable bonds is 5. The summed E-state index contributed by atoms with van der Waals surface area (Å²) in [6.45, 7) is -0.0783. The third kappa shape index (κ3) is 3.10. The molecule has 1 saturated heterocycles. The highest BCUT2D eigenvalue weighted by atomic mass is 32.2. The molecule has 1 aliphatic heterocycles. The number of aliphatic hydroxyl groups excluding tert-OH is 1. The van der Waals surface area contributed by atoms with Gasteiger partial charge in [-0.1, -0.05) is 6.07 Å². The molecular weight excluding hydrogens is 250 g/mol. The van der Waals surface area contributed by atoms with Crippen molar-refractivity contribution in [2.75, 3.05) is 25.2 Å². The molecule has 0 amide bonds. The molecule has 1 aromatic carbocycles. The second kappa shape index (κ2) is 6.31. The standard InChI is InChI=1S/C13H19NO3S/c1-16-12-3-2-9(11(14)7-15)6-13(12)17-10-4-5-18-8-10/h2-3,6,10-11,15H,4-5,7-8,14H2,1H3. The Morgan fingerprint density at radius 2 is 2.33 bits per heavy atom. The zero-order chi connectivity index (χ0) is 13.0. The van der Waals surface area contributed by atoms with Crippen molar-refractivity contribution in [1.29, 1.82) is 0 Å². The van der Waals surface area contributed by atoms with E-state index in [1.54, 1.807) is 7.11 Å². The number of hydrogen-bond acceptors (Lipinski definition) is 5. The fourth-order valence-electron chi connectivity index (χ4n) is 1.91. The van der Waals surface area contributed by atoms with Crippen molar-refractivity contribution in [3.05, 3.63) is 23.8 Å². The minimum absolute atomic E-state index is 0.0783. The van der Waals surface area contributed by atoms with Crippen LogP contribution in [0.2, 0.25) is 0 Å². The quantitative estimate of drug-likeness (QED) is 0.849. The first-order chi connectivity index (χ1) is 8.74. The van der Waals surface area contributed by atoms with Gasteiger partial charge in [-0.2, -0.15) is 11.8 Å².